The molecule has 126 valence electrons. The van der Waals surface area contributed by atoms with Gasteiger partial charge in [-0.15, -0.1) is 0 Å². The van der Waals surface area contributed by atoms with Crippen LogP contribution in [-0.4, -0.2) is 21.7 Å². The fourth-order valence-electron chi connectivity index (χ4n) is 5.85. The number of carbonyl (C=O) groups excluding carboxylic acids is 1. The first-order valence-electron chi connectivity index (χ1n) is 9.00. The number of hydrogen-bond acceptors (Lipinski definition) is 2. The second-order valence-electron chi connectivity index (χ2n) is 8.24. The monoisotopic (exact) mass is 335 g/mol. The molecule has 1 aromatic heterocycles. The average molecular weight is 336 g/mol. The lowest BCUT2D eigenvalue weighted by Gasteiger charge is -2.59. The molecule has 0 radical (unpaired) electrons. The molecular formula is C18H26ClN3O. The van der Waals surface area contributed by atoms with Crippen LogP contribution in [0, 0.1) is 23.2 Å². The van der Waals surface area contributed by atoms with Crippen LogP contribution >= 0.6 is 11.6 Å². The standard InChI is InChI=1S/C18H26ClN3O/c1-12(21-17(23)2-3-22-11-16(19)10-20-22)18-7-13-4-14(8-18)6-15(5-13)9-18/h10-15H,2-9H2,1H3,(H,21,23)/t12-,13?,14?,15?,18?/m0/s1. The van der Waals surface area contributed by atoms with E-state index in [9.17, 15) is 4.79 Å². The van der Waals surface area contributed by atoms with Crippen LogP contribution in [-0.2, 0) is 11.3 Å². The summed E-state index contributed by atoms with van der Waals surface area (Å²) in [6.45, 7) is 2.82. The number of halogens is 1. The van der Waals surface area contributed by atoms with Gasteiger partial charge in [0, 0.05) is 25.2 Å². The van der Waals surface area contributed by atoms with E-state index in [2.05, 4.69) is 17.3 Å². The van der Waals surface area contributed by atoms with E-state index in [-0.39, 0.29) is 5.91 Å². The molecule has 1 amide bonds. The highest BCUT2D eigenvalue weighted by atomic mass is 35.5. The zero-order chi connectivity index (χ0) is 16.0. The van der Waals surface area contributed by atoms with Gasteiger partial charge in [0.2, 0.25) is 5.91 Å². The van der Waals surface area contributed by atoms with Crippen LogP contribution in [0.15, 0.2) is 12.4 Å². The highest BCUT2D eigenvalue weighted by molar-refractivity contribution is 6.30. The number of aromatic nitrogens is 2. The molecule has 0 aromatic carbocycles. The Kier molecular flexibility index (Phi) is 3.91. The topological polar surface area (TPSA) is 46.9 Å². The Morgan fingerprint density at radius 2 is 1.96 bits per heavy atom. The second kappa shape index (κ2) is 5.80. The van der Waals surface area contributed by atoms with Crippen LogP contribution in [0.4, 0.5) is 0 Å². The van der Waals surface area contributed by atoms with Crippen molar-refractivity contribution in [3.8, 4) is 0 Å². The van der Waals surface area contributed by atoms with E-state index in [1.165, 1.54) is 38.5 Å². The molecule has 4 nitrogen and oxygen atoms in total. The van der Waals surface area contributed by atoms with Gasteiger partial charge in [-0.25, -0.2) is 0 Å². The summed E-state index contributed by atoms with van der Waals surface area (Å²) in [5.74, 6) is 2.91. The van der Waals surface area contributed by atoms with Crippen molar-refractivity contribution in [1.82, 2.24) is 15.1 Å². The summed E-state index contributed by atoms with van der Waals surface area (Å²) in [6, 6.07) is 0.296. The Bertz CT molecular complexity index is 562. The van der Waals surface area contributed by atoms with Gasteiger partial charge in [0.25, 0.3) is 0 Å². The zero-order valence-electron chi connectivity index (χ0n) is 13.8. The van der Waals surface area contributed by atoms with Crippen LogP contribution in [0.2, 0.25) is 5.02 Å². The summed E-state index contributed by atoms with van der Waals surface area (Å²) >= 11 is 5.85. The summed E-state index contributed by atoms with van der Waals surface area (Å²) in [4.78, 5) is 12.3. The van der Waals surface area contributed by atoms with Gasteiger partial charge in [0.1, 0.15) is 0 Å². The van der Waals surface area contributed by atoms with Crippen molar-refractivity contribution in [3.63, 3.8) is 0 Å². The summed E-state index contributed by atoms with van der Waals surface area (Å²) in [5.41, 5.74) is 0.374. The van der Waals surface area contributed by atoms with Gasteiger partial charge in [0.05, 0.1) is 11.2 Å². The van der Waals surface area contributed by atoms with Crippen LogP contribution in [0.1, 0.15) is 51.9 Å². The SMILES string of the molecule is C[C@H](NC(=O)CCn1cc(Cl)cn1)C12CC3CC(CC(C3)C1)C2. The first kappa shape index (κ1) is 15.5. The lowest BCUT2D eigenvalue weighted by molar-refractivity contribution is -0.126. The van der Waals surface area contributed by atoms with Crippen LogP contribution in [0.3, 0.4) is 0 Å². The Labute approximate surface area is 143 Å². The summed E-state index contributed by atoms with van der Waals surface area (Å²) < 4.78 is 1.73. The Morgan fingerprint density at radius 1 is 1.35 bits per heavy atom. The Hall–Kier alpha value is -1.03. The minimum absolute atomic E-state index is 0.139. The minimum Gasteiger partial charge on any atom is -0.353 e. The molecule has 0 unspecified atom stereocenters. The highest BCUT2D eigenvalue weighted by Crippen LogP contribution is 2.61. The maximum Gasteiger partial charge on any atom is 0.222 e. The van der Waals surface area contributed by atoms with Gasteiger partial charge in [-0.3, -0.25) is 9.48 Å². The molecule has 1 aromatic rings. The quantitative estimate of drug-likeness (QED) is 0.892. The molecule has 0 spiro atoms. The predicted octanol–water partition coefficient (Wildman–Crippen LogP) is 3.65. The molecule has 0 aliphatic heterocycles. The smallest absolute Gasteiger partial charge is 0.222 e. The largest absolute Gasteiger partial charge is 0.353 e. The number of carbonyl (C=O) groups is 1. The number of nitrogens with zero attached hydrogens (tertiary/aromatic N) is 2. The van der Waals surface area contributed by atoms with E-state index >= 15 is 0 Å². The molecule has 4 aliphatic rings. The molecule has 1 heterocycles. The molecule has 1 N–H and O–H groups in total. The van der Waals surface area contributed by atoms with Gasteiger partial charge in [-0.1, -0.05) is 11.6 Å². The van der Waals surface area contributed by atoms with E-state index in [0.717, 1.165) is 17.8 Å². The summed E-state index contributed by atoms with van der Waals surface area (Å²) in [7, 11) is 0. The molecular weight excluding hydrogens is 310 g/mol. The molecule has 23 heavy (non-hydrogen) atoms. The third kappa shape index (κ3) is 3.02. The van der Waals surface area contributed by atoms with Crippen LogP contribution in [0.25, 0.3) is 0 Å². The normalized spacial score (nSPS) is 36.2. The van der Waals surface area contributed by atoms with Crippen molar-refractivity contribution >= 4 is 17.5 Å². The van der Waals surface area contributed by atoms with Crippen LogP contribution in [0.5, 0.6) is 0 Å². The van der Waals surface area contributed by atoms with E-state index in [1.54, 1.807) is 17.1 Å². The van der Waals surface area contributed by atoms with Crippen molar-refractivity contribution < 1.29 is 4.79 Å². The van der Waals surface area contributed by atoms with Crippen molar-refractivity contribution in [2.24, 2.45) is 23.2 Å². The Balaban J connectivity index is 1.34. The van der Waals surface area contributed by atoms with Crippen molar-refractivity contribution in [1.29, 1.82) is 0 Å². The molecule has 5 heteroatoms. The fourth-order valence-corrected chi connectivity index (χ4v) is 6.01. The van der Waals surface area contributed by atoms with Gasteiger partial charge in [-0.2, -0.15) is 5.10 Å². The number of aryl methyl sites for hydroxylation is 1. The third-order valence-corrected chi connectivity index (χ3v) is 6.75. The van der Waals surface area contributed by atoms with E-state index in [4.69, 9.17) is 11.6 Å². The van der Waals surface area contributed by atoms with E-state index < -0.39 is 0 Å². The van der Waals surface area contributed by atoms with Gasteiger partial charge in [0.15, 0.2) is 0 Å². The van der Waals surface area contributed by atoms with Crippen molar-refractivity contribution in [3.05, 3.63) is 17.4 Å². The van der Waals surface area contributed by atoms with Gasteiger partial charge in [-0.05, 0) is 68.6 Å². The molecule has 0 saturated heterocycles. The molecule has 4 fully saturated rings. The maximum atomic E-state index is 12.3. The second-order valence-corrected chi connectivity index (χ2v) is 8.68. The third-order valence-electron chi connectivity index (χ3n) is 6.55. The van der Waals surface area contributed by atoms with E-state index in [0.29, 0.717) is 29.4 Å². The molecule has 4 saturated carbocycles. The Morgan fingerprint density at radius 3 is 2.48 bits per heavy atom. The van der Waals surface area contributed by atoms with Gasteiger partial charge >= 0.3 is 0 Å². The number of nitrogens with one attached hydrogen (secondary N) is 1. The fraction of sp³-hybridized carbons (Fsp3) is 0.778. The number of amides is 1. The van der Waals surface area contributed by atoms with Gasteiger partial charge < -0.3 is 5.32 Å². The minimum atomic E-state index is 0.139. The lowest BCUT2D eigenvalue weighted by Crippen LogP contribution is -2.55. The predicted molar refractivity (Wildman–Crippen MR) is 90.1 cm³/mol. The van der Waals surface area contributed by atoms with Crippen molar-refractivity contribution in [2.75, 3.05) is 0 Å². The maximum absolute atomic E-state index is 12.3. The summed E-state index contributed by atoms with van der Waals surface area (Å²) in [5, 5.41) is 8.04. The first-order chi connectivity index (χ1) is 11.0. The van der Waals surface area contributed by atoms with Crippen molar-refractivity contribution in [2.45, 2.75) is 64.5 Å². The first-order valence-corrected chi connectivity index (χ1v) is 9.37. The molecule has 4 aliphatic carbocycles. The molecule has 4 bridgehead atoms. The number of rotatable bonds is 5. The zero-order valence-corrected chi connectivity index (χ0v) is 14.6. The molecule has 1 atom stereocenters. The number of hydrogen-bond donors (Lipinski definition) is 1. The van der Waals surface area contributed by atoms with Crippen LogP contribution < -0.4 is 5.32 Å². The van der Waals surface area contributed by atoms with E-state index in [1.807, 2.05) is 0 Å². The lowest BCUT2D eigenvalue weighted by atomic mass is 9.48. The average Bonchev–Trinajstić information content (AvgIpc) is 2.89. The summed E-state index contributed by atoms with van der Waals surface area (Å²) in [6.07, 6.45) is 12.2. The highest BCUT2D eigenvalue weighted by Gasteiger charge is 2.53. The molecule has 5 rings (SSSR count).